The lowest BCUT2D eigenvalue weighted by atomic mass is 10.1. The van der Waals surface area contributed by atoms with Crippen molar-refractivity contribution in [1.82, 2.24) is 5.32 Å². The van der Waals surface area contributed by atoms with Crippen molar-refractivity contribution < 1.29 is 14.7 Å². The minimum absolute atomic E-state index is 0.0448. The molecule has 0 aromatic carbocycles. The number of carbonyl (C=O) groups is 1. The molecule has 0 rings (SSSR count). The molecule has 0 aromatic rings. The molecule has 1 unspecified atom stereocenters. The molecule has 0 heterocycles. The molecule has 1 atom stereocenters. The molecule has 0 saturated heterocycles. The molecule has 4 N–H and O–H groups in total. The van der Waals surface area contributed by atoms with Crippen LogP contribution in [-0.2, 0) is 9.53 Å². The van der Waals surface area contributed by atoms with Crippen LogP contribution in [0.1, 0.15) is 26.7 Å². The molecule has 0 spiro atoms. The summed E-state index contributed by atoms with van der Waals surface area (Å²) in [6, 6.07) is -0.117. The normalized spacial score (nSPS) is 13.6. The zero-order valence-corrected chi connectivity index (χ0v) is 9.19. The molecule has 0 aliphatic carbocycles. The van der Waals surface area contributed by atoms with E-state index in [2.05, 4.69) is 10.5 Å². The fourth-order valence-corrected chi connectivity index (χ4v) is 1.05. The van der Waals surface area contributed by atoms with Gasteiger partial charge in [-0.05, 0) is 13.3 Å². The zero-order valence-electron chi connectivity index (χ0n) is 9.19. The Balaban J connectivity index is 3.93. The van der Waals surface area contributed by atoms with Gasteiger partial charge in [-0.3, -0.25) is 4.79 Å². The second kappa shape index (κ2) is 8.05. The third-order valence-corrected chi connectivity index (χ3v) is 1.88. The van der Waals surface area contributed by atoms with Gasteiger partial charge in [0.15, 0.2) is 0 Å². The van der Waals surface area contributed by atoms with Crippen LogP contribution >= 0.6 is 0 Å². The quantitative estimate of drug-likeness (QED) is 0.243. The van der Waals surface area contributed by atoms with Crippen molar-refractivity contribution in [2.24, 2.45) is 10.9 Å². The predicted octanol–water partition coefficient (Wildman–Crippen LogP) is 0.0542. The van der Waals surface area contributed by atoms with Crippen molar-refractivity contribution in [3.05, 3.63) is 0 Å². The lowest BCUT2D eigenvalue weighted by molar-refractivity contribution is -0.126. The number of rotatable bonds is 7. The Labute approximate surface area is 89.5 Å². The molecule has 0 aromatic heterocycles. The van der Waals surface area contributed by atoms with Gasteiger partial charge < -0.3 is 21.0 Å². The van der Waals surface area contributed by atoms with E-state index in [0.29, 0.717) is 19.4 Å². The summed E-state index contributed by atoms with van der Waals surface area (Å²) in [6.07, 6.45) is 1.05. The lowest BCUT2D eigenvalue weighted by Crippen LogP contribution is -2.39. The first-order valence-corrected chi connectivity index (χ1v) is 4.97. The molecule has 6 heteroatoms. The SMILES string of the molecule is CCOCC(=O)NC(CC)CC(N)=NO. The van der Waals surface area contributed by atoms with Crippen LogP contribution in [0.5, 0.6) is 0 Å². The van der Waals surface area contributed by atoms with E-state index in [-0.39, 0.29) is 24.4 Å². The first-order valence-electron chi connectivity index (χ1n) is 4.97. The van der Waals surface area contributed by atoms with Crippen LogP contribution in [0.25, 0.3) is 0 Å². The van der Waals surface area contributed by atoms with Crippen molar-refractivity contribution in [2.75, 3.05) is 13.2 Å². The van der Waals surface area contributed by atoms with E-state index in [0.717, 1.165) is 0 Å². The summed E-state index contributed by atoms with van der Waals surface area (Å²) < 4.78 is 4.95. The van der Waals surface area contributed by atoms with Gasteiger partial charge in [0.1, 0.15) is 12.4 Å². The van der Waals surface area contributed by atoms with Gasteiger partial charge >= 0.3 is 0 Å². The van der Waals surface area contributed by atoms with Gasteiger partial charge in [0.25, 0.3) is 0 Å². The number of nitrogens with two attached hydrogens (primary N) is 1. The maximum absolute atomic E-state index is 11.3. The Morgan fingerprint density at radius 2 is 2.27 bits per heavy atom. The molecule has 0 bridgehead atoms. The molecule has 88 valence electrons. The van der Waals surface area contributed by atoms with Gasteiger partial charge in [0.2, 0.25) is 5.91 Å². The molecule has 0 aliphatic heterocycles. The van der Waals surface area contributed by atoms with Gasteiger partial charge in [0.05, 0.1) is 0 Å². The minimum atomic E-state index is -0.186. The smallest absolute Gasteiger partial charge is 0.246 e. The van der Waals surface area contributed by atoms with Crippen LogP contribution in [0.3, 0.4) is 0 Å². The maximum Gasteiger partial charge on any atom is 0.246 e. The Morgan fingerprint density at radius 1 is 1.60 bits per heavy atom. The number of carbonyl (C=O) groups excluding carboxylic acids is 1. The number of nitrogens with one attached hydrogen (secondary N) is 1. The third kappa shape index (κ3) is 6.73. The van der Waals surface area contributed by atoms with Crippen LogP contribution in [0.4, 0.5) is 0 Å². The van der Waals surface area contributed by atoms with Gasteiger partial charge in [-0.15, -0.1) is 0 Å². The average Bonchev–Trinajstić information content (AvgIpc) is 2.25. The molecule has 0 aliphatic rings. The summed E-state index contributed by atoms with van der Waals surface area (Å²) >= 11 is 0. The Morgan fingerprint density at radius 3 is 2.73 bits per heavy atom. The van der Waals surface area contributed by atoms with Crippen LogP contribution in [0, 0.1) is 0 Å². The number of ether oxygens (including phenoxy) is 1. The third-order valence-electron chi connectivity index (χ3n) is 1.88. The van der Waals surface area contributed by atoms with Crippen LogP contribution < -0.4 is 11.1 Å². The molecule has 6 nitrogen and oxygen atoms in total. The molecule has 0 fully saturated rings. The summed E-state index contributed by atoms with van der Waals surface area (Å²) in [6.45, 7) is 4.28. The van der Waals surface area contributed by atoms with Crippen LogP contribution in [-0.4, -0.2) is 36.2 Å². The topological polar surface area (TPSA) is 96.9 Å². The number of nitrogens with zero attached hydrogens (tertiary/aromatic N) is 1. The van der Waals surface area contributed by atoms with E-state index in [9.17, 15) is 4.79 Å². The van der Waals surface area contributed by atoms with Crippen molar-refractivity contribution in [3.8, 4) is 0 Å². The fourth-order valence-electron chi connectivity index (χ4n) is 1.05. The molecular weight excluding hydrogens is 198 g/mol. The van der Waals surface area contributed by atoms with Gasteiger partial charge in [-0.1, -0.05) is 12.1 Å². The van der Waals surface area contributed by atoms with Crippen molar-refractivity contribution >= 4 is 11.7 Å². The second-order valence-corrected chi connectivity index (χ2v) is 3.11. The minimum Gasteiger partial charge on any atom is -0.409 e. The predicted molar refractivity (Wildman–Crippen MR) is 56.7 cm³/mol. The summed E-state index contributed by atoms with van der Waals surface area (Å²) in [5.41, 5.74) is 5.34. The van der Waals surface area contributed by atoms with Gasteiger partial charge in [0, 0.05) is 19.1 Å². The molecule has 1 amide bonds. The first-order chi connectivity index (χ1) is 7.13. The average molecular weight is 217 g/mol. The number of hydrogen-bond donors (Lipinski definition) is 3. The lowest BCUT2D eigenvalue weighted by Gasteiger charge is -2.15. The van der Waals surface area contributed by atoms with Crippen LogP contribution in [0.2, 0.25) is 0 Å². The monoisotopic (exact) mass is 217 g/mol. The summed E-state index contributed by atoms with van der Waals surface area (Å²) in [5.74, 6) is -0.0759. The number of amidine groups is 1. The molecule has 15 heavy (non-hydrogen) atoms. The number of amides is 1. The number of hydrogen-bond acceptors (Lipinski definition) is 4. The van der Waals surface area contributed by atoms with Crippen molar-refractivity contribution in [3.63, 3.8) is 0 Å². The molecule has 0 radical (unpaired) electrons. The first kappa shape index (κ1) is 13.7. The van der Waals surface area contributed by atoms with E-state index >= 15 is 0 Å². The Bertz CT molecular complexity index is 219. The Kier molecular flexibility index (Phi) is 7.35. The fraction of sp³-hybridized carbons (Fsp3) is 0.778. The number of oxime groups is 1. The van der Waals surface area contributed by atoms with E-state index in [4.69, 9.17) is 15.7 Å². The highest BCUT2D eigenvalue weighted by atomic mass is 16.5. The highest BCUT2D eigenvalue weighted by Crippen LogP contribution is 1.97. The van der Waals surface area contributed by atoms with Gasteiger partial charge in [-0.25, -0.2) is 0 Å². The summed E-state index contributed by atoms with van der Waals surface area (Å²) in [5, 5.41) is 14.0. The highest BCUT2D eigenvalue weighted by Gasteiger charge is 2.11. The molecular formula is C9H19N3O3. The summed E-state index contributed by atoms with van der Waals surface area (Å²) in [4.78, 5) is 11.3. The zero-order chi connectivity index (χ0) is 11.7. The summed E-state index contributed by atoms with van der Waals surface area (Å²) in [7, 11) is 0. The standard InChI is InChI=1S/C9H19N3O3/c1-3-7(5-8(10)12-14)11-9(13)6-15-4-2/h7,14H,3-6H2,1-2H3,(H2,10,12)(H,11,13). The van der Waals surface area contributed by atoms with E-state index in [1.807, 2.05) is 13.8 Å². The van der Waals surface area contributed by atoms with Crippen molar-refractivity contribution in [1.29, 1.82) is 0 Å². The van der Waals surface area contributed by atoms with Crippen molar-refractivity contribution in [2.45, 2.75) is 32.7 Å². The second-order valence-electron chi connectivity index (χ2n) is 3.11. The Hall–Kier alpha value is -1.30. The van der Waals surface area contributed by atoms with E-state index < -0.39 is 0 Å². The van der Waals surface area contributed by atoms with E-state index in [1.54, 1.807) is 0 Å². The van der Waals surface area contributed by atoms with Gasteiger partial charge in [-0.2, -0.15) is 0 Å². The maximum atomic E-state index is 11.3. The van der Waals surface area contributed by atoms with E-state index in [1.165, 1.54) is 0 Å². The molecule has 0 saturated carbocycles. The highest BCUT2D eigenvalue weighted by molar-refractivity contribution is 5.82. The largest absolute Gasteiger partial charge is 0.409 e. The van der Waals surface area contributed by atoms with Crippen LogP contribution in [0.15, 0.2) is 5.16 Å².